The molecule has 2 aliphatic carbocycles. The highest BCUT2D eigenvalue weighted by Gasteiger charge is 2.42. The van der Waals surface area contributed by atoms with Gasteiger partial charge in [-0.25, -0.2) is 0 Å². The van der Waals surface area contributed by atoms with Gasteiger partial charge in [0.05, 0.1) is 0 Å². The average Bonchev–Trinajstić information content (AvgIpc) is 3.14. The zero-order valence-corrected chi connectivity index (χ0v) is 12.0. The Morgan fingerprint density at radius 3 is 2.75 bits per heavy atom. The topological polar surface area (TPSA) is 54.7 Å². The van der Waals surface area contributed by atoms with Crippen LogP contribution in [0.15, 0.2) is 24.3 Å². The lowest BCUT2D eigenvalue weighted by Crippen LogP contribution is -2.10. The standard InChI is InChI=1S/C16H18ClN3/c17-13-4-2-1-3-11(13)14-15(19-20-16(14)18)12-8-9-5-6-10(12)7-9/h1-4,9-10,12H,5-8H2,(H3,18,19,20). The highest BCUT2D eigenvalue weighted by molar-refractivity contribution is 6.33. The summed E-state index contributed by atoms with van der Waals surface area (Å²) in [6.45, 7) is 0. The lowest BCUT2D eigenvalue weighted by Gasteiger charge is -2.22. The molecule has 3 unspecified atom stereocenters. The molecule has 2 aromatic rings. The molecule has 2 fully saturated rings. The molecule has 2 bridgehead atoms. The number of nitrogens with zero attached hydrogens (tertiary/aromatic N) is 1. The summed E-state index contributed by atoms with van der Waals surface area (Å²) in [5.41, 5.74) is 9.32. The summed E-state index contributed by atoms with van der Waals surface area (Å²) in [4.78, 5) is 0. The average molecular weight is 288 g/mol. The molecule has 3 atom stereocenters. The number of nitrogens with two attached hydrogens (primary N) is 1. The molecule has 0 spiro atoms. The van der Waals surface area contributed by atoms with E-state index in [0.717, 1.165) is 28.0 Å². The van der Waals surface area contributed by atoms with Gasteiger partial charge in [0.1, 0.15) is 0 Å². The van der Waals surface area contributed by atoms with Crippen molar-refractivity contribution in [2.75, 3.05) is 5.73 Å². The van der Waals surface area contributed by atoms with Crippen molar-refractivity contribution in [3.8, 4) is 11.1 Å². The largest absolute Gasteiger partial charge is 0.382 e. The molecule has 3 nitrogen and oxygen atoms in total. The van der Waals surface area contributed by atoms with Crippen molar-refractivity contribution in [1.82, 2.24) is 10.2 Å². The van der Waals surface area contributed by atoms with Crippen LogP contribution in [0.3, 0.4) is 0 Å². The summed E-state index contributed by atoms with van der Waals surface area (Å²) in [5, 5.41) is 8.19. The van der Waals surface area contributed by atoms with Gasteiger partial charge in [-0.2, -0.15) is 5.10 Å². The Hall–Kier alpha value is -1.48. The number of halogens is 1. The summed E-state index contributed by atoms with van der Waals surface area (Å²) >= 11 is 6.35. The lowest BCUT2D eigenvalue weighted by molar-refractivity contribution is 0.413. The molecule has 4 heteroatoms. The van der Waals surface area contributed by atoms with Crippen LogP contribution in [0.4, 0.5) is 5.82 Å². The molecule has 0 amide bonds. The number of nitrogens with one attached hydrogen (secondary N) is 1. The molecule has 4 rings (SSSR count). The first kappa shape index (κ1) is 12.3. The van der Waals surface area contributed by atoms with Crippen LogP contribution >= 0.6 is 11.6 Å². The molecular weight excluding hydrogens is 270 g/mol. The Balaban J connectivity index is 1.81. The van der Waals surface area contributed by atoms with Gasteiger partial charge in [0.15, 0.2) is 5.82 Å². The van der Waals surface area contributed by atoms with Gasteiger partial charge in [-0.3, -0.25) is 5.10 Å². The molecule has 2 saturated carbocycles. The molecule has 2 aliphatic rings. The van der Waals surface area contributed by atoms with E-state index in [2.05, 4.69) is 10.2 Å². The first-order valence-electron chi connectivity index (χ1n) is 7.32. The van der Waals surface area contributed by atoms with Crippen LogP contribution in [0.5, 0.6) is 0 Å². The van der Waals surface area contributed by atoms with Gasteiger partial charge < -0.3 is 5.73 Å². The SMILES string of the molecule is Nc1n[nH]c(C2CC3CCC2C3)c1-c1ccccc1Cl. The Morgan fingerprint density at radius 1 is 1.20 bits per heavy atom. The molecule has 20 heavy (non-hydrogen) atoms. The van der Waals surface area contributed by atoms with E-state index >= 15 is 0 Å². The Bertz CT molecular complexity index is 649. The van der Waals surface area contributed by atoms with Gasteiger partial charge in [-0.05, 0) is 37.2 Å². The lowest BCUT2D eigenvalue weighted by atomic mass is 9.84. The number of fused-ring (bicyclic) bond motifs is 2. The minimum atomic E-state index is 0.566. The zero-order chi connectivity index (χ0) is 13.7. The fourth-order valence-electron chi connectivity index (χ4n) is 4.18. The van der Waals surface area contributed by atoms with Crippen molar-refractivity contribution in [3.63, 3.8) is 0 Å². The van der Waals surface area contributed by atoms with E-state index in [1.165, 1.54) is 31.4 Å². The summed E-state index contributed by atoms with van der Waals surface area (Å²) in [6, 6.07) is 7.88. The van der Waals surface area contributed by atoms with Crippen LogP contribution in [0.1, 0.15) is 37.3 Å². The van der Waals surface area contributed by atoms with Crippen LogP contribution in [0, 0.1) is 11.8 Å². The maximum Gasteiger partial charge on any atom is 0.153 e. The predicted molar refractivity (Wildman–Crippen MR) is 81.6 cm³/mol. The third kappa shape index (κ3) is 1.76. The van der Waals surface area contributed by atoms with Crippen LogP contribution in [-0.2, 0) is 0 Å². The van der Waals surface area contributed by atoms with E-state index in [0.29, 0.717) is 11.7 Å². The number of rotatable bonds is 2. The highest BCUT2D eigenvalue weighted by Crippen LogP contribution is 2.54. The molecule has 1 aromatic heterocycles. The van der Waals surface area contributed by atoms with Crippen molar-refractivity contribution in [2.45, 2.75) is 31.6 Å². The van der Waals surface area contributed by atoms with Crippen molar-refractivity contribution in [1.29, 1.82) is 0 Å². The number of benzene rings is 1. The van der Waals surface area contributed by atoms with Crippen LogP contribution in [0.25, 0.3) is 11.1 Å². The monoisotopic (exact) mass is 287 g/mol. The minimum absolute atomic E-state index is 0.566. The number of hydrogen-bond acceptors (Lipinski definition) is 2. The van der Waals surface area contributed by atoms with Gasteiger partial charge in [-0.15, -0.1) is 0 Å². The first-order chi connectivity index (χ1) is 9.74. The van der Waals surface area contributed by atoms with E-state index < -0.39 is 0 Å². The van der Waals surface area contributed by atoms with Gasteiger partial charge in [0, 0.05) is 27.8 Å². The Labute approximate surface area is 123 Å². The second-order valence-corrected chi connectivity index (χ2v) is 6.57. The fourth-order valence-corrected chi connectivity index (χ4v) is 4.41. The molecule has 1 heterocycles. The maximum absolute atomic E-state index is 6.35. The molecule has 0 aliphatic heterocycles. The van der Waals surface area contributed by atoms with Crippen molar-refractivity contribution in [2.24, 2.45) is 11.8 Å². The third-order valence-corrected chi connectivity index (χ3v) is 5.40. The van der Waals surface area contributed by atoms with E-state index in [1.54, 1.807) is 0 Å². The van der Waals surface area contributed by atoms with Crippen molar-refractivity contribution >= 4 is 17.4 Å². The van der Waals surface area contributed by atoms with Crippen LogP contribution in [-0.4, -0.2) is 10.2 Å². The van der Waals surface area contributed by atoms with Crippen molar-refractivity contribution in [3.05, 3.63) is 35.0 Å². The maximum atomic E-state index is 6.35. The summed E-state index contributed by atoms with van der Waals surface area (Å²) in [5.74, 6) is 2.83. The molecule has 0 radical (unpaired) electrons. The second kappa shape index (κ2) is 4.52. The number of aromatic amines is 1. The van der Waals surface area contributed by atoms with E-state index in [4.69, 9.17) is 17.3 Å². The van der Waals surface area contributed by atoms with Crippen LogP contribution in [0.2, 0.25) is 5.02 Å². The minimum Gasteiger partial charge on any atom is -0.382 e. The van der Waals surface area contributed by atoms with Gasteiger partial charge in [0.25, 0.3) is 0 Å². The number of hydrogen-bond donors (Lipinski definition) is 2. The zero-order valence-electron chi connectivity index (χ0n) is 11.3. The molecule has 0 saturated heterocycles. The van der Waals surface area contributed by atoms with E-state index in [1.807, 2.05) is 24.3 Å². The highest BCUT2D eigenvalue weighted by atomic mass is 35.5. The first-order valence-corrected chi connectivity index (χ1v) is 7.70. The summed E-state index contributed by atoms with van der Waals surface area (Å²) < 4.78 is 0. The quantitative estimate of drug-likeness (QED) is 0.869. The Morgan fingerprint density at radius 2 is 2.05 bits per heavy atom. The summed E-state index contributed by atoms with van der Waals surface area (Å²) in [7, 11) is 0. The van der Waals surface area contributed by atoms with Gasteiger partial charge in [-0.1, -0.05) is 36.2 Å². The van der Waals surface area contributed by atoms with Crippen molar-refractivity contribution < 1.29 is 0 Å². The van der Waals surface area contributed by atoms with Gasteiger partial charge >= 0.3 is 0 Å². The Kier molecular flexibility index (Phi) is 2.77. The normalized spacial score (nSPS) is 28.1. The fraction of sp³-hybridized carbons (Fsp3) is 0.438. The van der Waals surface area contributed by atoms with E-state index in [-0.39, 0.29) is 0 Å². The van der Waals surface area contributed by atoms with Crippen LogP contribution < -0.4 is 5.73 Å². The summed E-state index contributed by atoms with van der Waals surface area (Å²) in [6.07, 6.45) is 5.37. The number of nitrogen functional groups attached to an aromatic ring is 1. The number of anilines is 1. The molecular formula is C16H18ClN3. The predicted octanol–water partition coefficient (Wildman–Crippen LogP) is 4.22. The molecule has 3 N–H and O–H groups in total. The smallest absolute Gasteiger partial charge is 0.153 e. The molecule has 104 valence electrons. The second-order valence-electron chi connectivity index (χ2n) is 6.16. The van der Waals surface area contributed by atoms with E-state index in [9.17, 15) is 0 Å². The van der Waals surface area contributed by atoms with Gasteiger partial charge in [0.2, 0.25) is 0 Å². The number of aromatic nitrogens is 2. The third-order valence-electron chi connectivity index (χ3n) is 5.07. The number of H-pyrrole nitrogens is 1. The molecule has 1 aromatic carbocycles.